The molecule has 0 fully saturated rings. The van der Waals surface area contributed by atoms with Gasteiger partial charge in [-0.25, -0.2) is 14.5 Å². The van der Waals surface area contributed by atoms with E-state index in [1.165, 1.54) is 35.9 Å². The Hall–Kier alpha value is -3.12. The van der Waals surface area contributed by atoms with Crippen molar-refractivity contribution >= 4 is 23.2 Å². The second-order valence-electron chi connectivity index (χ2n) is 8.50. The third-order valence-electron chi connectivity index (χ3n) is 5.61. The summed E-state index contributed by atoms with van der Waals surface area (Å²) in [4.78, 5) is 17.6. The maximum Gasteiger partial charge on any atom is 0.416 e. The van der Waals surface area contributed by atoms with Gasteiger partial charge in [-0.2, -0.15) is 13.2 Å². The summed E-state index contributed by atoms with van der Waals surface area (Å²) in [6.07, 6.45) is -8.76. The van der Waals surface area contributed by atoms with Gasteiger partial charge in [-0.15, -0.1) is 5.10 Å². The lowest BCUT2D eigenvalue weighted by molar-refractivity contribution is -0.207. The molecule has 0 aliphatic heterocycles. The van der Waals surface area contributed by atoms with Gasteiger partial charge < -0.3 is 10.2 Å². The van der Waals surface area contributed by atoms with Crippen LogP contribution < -0.4 is 5.69 Å². The lowest BCUT2D eigenvalue weighted by atomic mass is 10.1. The molecular formula is C24H22Cl2F3N5O3. The van der Waals surface area contributed by atoms with Crippen LogP contribution in [0.4, 0.5) is 13.2 Å². The molecule has 0 aliphatic rings. The van der Waals surface area contributed by atoms with Crippen LogP contribution in [0.3, 0.4) is 0 Å². The van der Waals surface area contributed by atoms with Gasteiger partial charge >= 0.3 is 11.9 Å². The first-order chi connectivity index (χ1) is 17.4. The van der Waals surface area contributed by atoms with Gasteiger partial charge in [-0.3, -0.25) is 9.13 Å². The summed E-state index contributed by atoms with van der Waals surface area (Å²) in [5.74, 6) is 0.298. The molecule has 4 aromatic rings. The van der Waals surface area contributed by atoms with Crippen molar-refractivity contribution in [1.29, 1.82) is 0 Å². The summed E-state index contributed by atoms with van der Waals surface area (Å²) >= 11 is 12.5. The van der Waals surface area contributed by atoms with Crippen LogP contribution in [-0.4, -0.2) is 46.4 Å². The van der Waals surface area contributed by atoms with E-state index in [0.717, 1.165) is 14.7 Å². The number of hydrogen-bond acceptors (Lipinski definition) is 5. The van der Waals surface area contributed by atoms with Gasteiger partial charge in [-0.1, -0.05) is 47.5 Å². The number of halogens is 5. The average molecular weight is 556 g/mol. The van der Waals surface area contributed by atoms with E-state index >= 15 is 0 Å². The van der Waals surface area contributed by atoms with Gasteiger partial charge in [0.25, 0.3) is 0 Å². The molecule has 4 rings (SSSR count). The van der Waals surface area contributed by atoms with Gasteiger partial charge in [0, 0.05) is 10.6 Å². The Morgan fingerprint density at radius 1 is 1.05 bits per heavy atom. The zero-order valence-corrected chi connectivity index (χ0v) is 21.1. The molecule has 0 aliphatic carbocycles. The van der Waals surface area contributed by atoms with E-state index in [-0.39, 0.29) is 29.0 Å². The maximum atomic E-state index is 13.3. The van der Waals surface area contributed by atoms with Crippen LogP contribution in [0.15, 0.2) is 53.3 Å². The molecule has 8 nitrogen and oxygen atoms in total. The molecule has 37 heavy (non-hydrogen) atoms. The van der Waals surface area contributed by atoms with Crippen LogP contribution in [0.2, 0.25) is 10.2 Å². The second-order valence-corrected chi connectivity index (χ2v) is 9.29. The van der Waals surface area contributed by atoms with E-state index in [4.69, 9.17) is 23.2 Å². The quantitative estimate of drug-likeness (QED) is 0.349. The minimum absolute atomic E-state index is 0.0273. The largest absolute Gasteiger partial charge is 0.416 e. The fourth-order valence-electron chi connectivity index (χ4n) is 3.83. The number of aromatic nitrogens is 5. The standard InChI is InChI=1S/C24H22Cl2F3N5O3/c1-13-4-3-5-17(10-13)34-22(14(2)35)30-19(31-34)12-33-21(26)20(15-6-8-16(25)9-7-15)32(23(33)37)11-18(36)24(27,28)29/h3-10,14,18,35-36H,11-12H2,1-2H3/t14-,18?/m0/s1. The summed E-state index contributed by atoms with van der Waals surface area (Å²) in [6.45, 7) is 2.02. The first-order valence-corrected chi connectivity index (χ1v) is 11.8. The third kappa shape index (κ3) is 5.59. The number of benzene rings is 2. The summed E-state index contributed by atoms with van der Waals surface area (Å²) < 4.78 is 42.7. The SMILES string of the molecule is Cc1cccc(-n2nc(Cn3c(Cl)c(-c4ccc(Cl)cc4)n(CC(O)C(F)(F)F)c3=O)nc2[C@H](C)O)c1. The Morgan fingerprint density at radius 2 is 1.73 bits per heavy atom. The Kier molecular flexibility index (Phi) is 7.52. The van der Waals surface area contributed by atoms with Crippen LogP contribution >= 0.6 is 23.2 Å². The first-order valence-electron chi connectivity index (χ1n) is 11.1. The number of hydrogen-bond donors (Lipinski definition) is 2. The fraction of sp³-hybridized carbons (Fsp3) is 0.292. The molecule has 2 atom stereocenters. The normalized spacial score (nSPS) is 13.6. The molecule has 196 valence electrons. The number of alkyl halides is 3. The highest BCUT2D eigenvalue weighted by atomic mass is 35.5. The molecule has 0 saturated heterocycles. The average Bonchev–Trinajstić information content (AvgIpc) is 3.35. The van der Waals surface area contributed by atoms with Crippen LogP contribution in [0.5, 0.6) is 0 Å². The Morgan fingerprint density at radius 3 is 2.32 bits per heavy atom. The van der Waals surface area contributed by atoms with Crippen molar-refractivity contribution in [2.45, 2.75) is 45.3 Å². The molecule has 0 spiro atoms. The van der Waals surface area contributed by atoms with Crippen molar-refractivity contribution in [3.63, 3.8) is 0 Å². The second kappa shape index (κ2) is 10.3. The molecule has 0 bridgehead atoms. The minimum atomic E-state index is -4.95. The summed E-state index contributed by atoms with van der Waals surface area (Å²) in [6, 6.07) is 13.3. The molecule has 1 unspecified atom stereocenters. The monoisotopic (exact) mass is 555 g/mol. The zero-order chi connectivity index (χ0) is 27.1. The molecule has 2 heterocycles. The van der Waals surface area contributed by atoms with Crippen LogP contribution in [-0.2, 0) is 13.1 Å². The predicted molar refractivity (Wildman–Crippen MR) is 132 cm³/mol. The van der Waals surface area contributed by atoms with Crippen molar-refractivity contribution in [2.24, 2.45) is 0 Å². The van der Waals surface area contributed by atoms with E-state index in [1.807, 2.05) is 25.1 Å². The van der Waals surface area contributed by atoms with Gasteiger partial charge in [-0.05, 0) is 43.7 Å². The predicted octanol–water partition coefficient (Wildman–Crippen LogP) is 4.54. The molecule has 0 saturated carbocycles. The molecule has 0 radical (unpaired) electrons. The number of aryl methyl sites for hydroxylation is 1. The van der Waals surface area contributed by atoms with Gasteiger partial charge in [0.1, 0.15) is 11.3 Å². The lowest BCUT2D eigenvalue weighted by Gasteiger charge is -2.16. The summed E-state index contributed by atoms with van der Waals surface area (Å²) in [5.41, 5.74) is 0.964. The fourth-order valence-corrected chi connectivity index (χ4v) is 4.30. The molecule has 2 aromatic carbocycles. The molecule has 0 amide bonds. The maximum absolute atomic E-state index is 13.3. The van der Waals surface area contributed by atoms with Crippen molar-refractivity contribution in [1.82, 2.24) is 23.9 Å². The highest BCUT2D eigenvalue weighted by Crippen LogP contribution is 2.31. The molecule has 2 aromatic heterocycles. The number of nitrogens with zero attached hydrogens (tertiary/aromatic N) is 5. The van der Waals surface area contributed by atoms with E-state index in [2.05, 4.69) is 10.1 Å². The topological polar surface area (TPSA) is 98.1 Å². The van der Waals surface area contributed by atoms with Crippen LogP contribution in [0.25, 0.3) is 16.9 Å². The van der Waals surface area contributed by atoms with Gasteiger partial charge in [0.15, 0.2) is 17.8 Å². The Balaban J connectivity index is 1.82. The van der Waals surface area contributed by atoms with Crippen LogP contribution in [0, 0.1) is 6.92 Å². The minimum Gasteiger partial charge on any atom is -0.385 e. The summed E-state index contributed by atoms with van der Waals surface area (Å²) in [7, 11) is 0. The number of imidazole rings is 1. The van der Waals surface area contributed by atoms with Crippen molar-refractivity contribution in [3.05, 3.63) is 86.4 Å². The smallest absolute Gasteiger partial charge is 0.385 e. The number of aliphatic hydroxyl groups excluding tert-OH is 2. The van der Waals surface area contributed by atoms with E-state index < -0.39 is 30.6 Å². The Labute approximate surface area is 219 Å². The van der Waals surface area contributed by atoms with E-state index in [0.29, 0.717) is 16.3 Å². The Bertz CT molecular complexity index is 1480. The highest BCUT2D eigenvalue weighted by Gasteiger charge is 2.39. The van der Waals surface area contributed by atoms with E-state index in [9.17, 15) is 28.2 Å². The van der Waals surface area contributed by atoms with Crippen LogP contribution in [0.1, 0.15) is 30.2 Å². The summed E-state index contributed by atoms with van der Waals surface area (Å²) in [5, 5.41) is 24.6. The van der Waals surface area contributed by atoms with E-state index in [1.54, 1.807) is 6.07 Å². The number of rotatable bonds is 7. The van der Waals surface area contributed by atoms with Crippen molar-refractivity contribution < 1.29 is 23.4 Å². The first kappa shape index (κ1) is 26.9. The van der Waals surface area contributed by atoms with Crippen molar-refractivity contribution in [2.75, 3.05) is 0 Å². The third-order valence-corrected chi connectivity index (χ3v) is 6.25. The number of aliphatic hydroxyl groups is 2. The molecular weight excluding hydrogens is 534 g/mol. The molecule has 2 N–H and O–H groups in total. The zero-order valence-electron chi connectivity index (χ0n) is 19.6. The molecule has 13 heteroatoms. The van der Waals surface area contributed by atoms with Gasteiger partial charge in [0.05, 0.1) is 24.5 Å². The van der Waals surface area contributed by atoms with Gasteiger partial charge in [0.2, 0.25) is 0 Å². The lowest BCUT2D eigenvalue weighted by Crippen LogP contribution is -2.37. The highest BCUT2D eigenvalue weighted by molar-refractivity contribution is 6.32. The van der Waals surface area contributed by atoms with Crippen molar-refractivity contribution in [3.8, 4) is 16.9 Å².